The van der Waals surface area contributed by atoms with Crippen LogP contribution < -0.4 is 4.74 Å². The van der Waals surface area contributed by atoms with Gasteiger partial charge in [0.1, 0.15) is 11.5 Å². The van der Waals surface area contributed by atoms with Crippen LogP contribution in [0, 0.1) is 11.3 Å². The Hall–Kier alpha value is -1.57. The van der Waals surface area contributed by atoms with Crippen molar-refractivity contribution in [2.24, 2.45) is 11.3 Å². The Balaban J connectivity index is 2.44. The summed E-state index contributed by atoms with van der Waals surface area (Å²) in [6, 6.07) is 7.39. The van der Waals surface area contributed by atoms with Gasteiger partial charge in [0.15, 0.2) is 16.6 Å². The average Bonchev–Trinajstić information content (AvgIpc) is 3.41. The maximum atomic E-state index is 14.1. The van der Waals surface area contributed by atoms with Crippen LogP contribution >= 0.6 is 23.4 Å². The highest BCUT2D eigenvalue weighted by molar-refractivity contribution is 8.03. The lowest BCUT2D eigenvalue weighted by atomic mass is 9.87. The van der Waals surface area contributed by atoms with Gasteiger partial charge in [-0.3, -0.25) is 9.59 Å². The number of benzene rings is 1. The molecule has 0 fully saturated rings. The van der Waals surface area contributed by atoms with E-state index in [1.165, 1.54) is 13.5 Å². The summed E-state index contributed by atoms with van der Waals surface area (Å²) in [5.74, 6) is 1.94. The first-order valence-electron chi connectivity index (χ1n) is 21.5. The van der Waals surface area contributed by atoms with Gasteiger partial charge in [0.25, 0.3) is 0 Å². The summed E-state index contributed by atoms with van der Waals surface area (Å²) in [5.41, 5.74) is -0.679. The van der Waals surface area contributed by atoms with Crippen LogP contribution in [0.1, 0.15) is 139 Å². The van der Waals surface area contributed by atoms with Gasteiger partial charge in [-0.25, -0.2) is 0 Å². The molecule has 0 N–H and O–H groups in total. The second-order valence-corrected chi connectivity index (χ2v) is 30.6. The molecule has 0 bridgehead atoms. The number of unbranched alkanes of at least 4 members (excludes halogenated alkanes) is 5. The fraction of sp³-hybridized carbons (Fsp3) is 0.739. The standard InChI is InChI=1S/C46H79ClO7SSi2/c1-15-16-18-23-37(53-56(11,12)44(2,3)4)29-30-38-39(54-57(13,14)45(5,6)7)34-40(42(38)55-33-22-17-19-24-41(48)50-10)52-43(49)46(8,9)31-20-21-32-51-36-27-25-35(47)26-28-36/h25-30,37-39H,15-24,31-34H2,1-14H3/b30-29+/t37-,38-,39+/m0/s1. The van der Waals surface area contributed by atoms with Gasteiger partial charge in [0.2, 0.25) is 0 Å². The molecule has 0 spiro atoms. The Morgan fingerprint density at radius 2 is 1.53 bits per heavy atom. The van der Waals surface area contributed by atoms with E-state index < -0.39 is 22.0 Å². The molecule has 0 heterocycles. The quantitative estimate of drug-likeness (QED) is 0.0416. The third-order valence-electron chi connectivity index (χ3n) is 12.1. The summed E-state index contributed by atoms with van der Waals surface area (Å²) >= 11 is 7.80. The molecule has 1 aliphatic carbocycles. The number of halogens is 1. The van der Waals surface area contributed by atoms with Gasteiger partial charge in [0, 0.05) is 28.7 Å². The van der Waals surface area contributed by atoms with Crippen molar-refractivity contribution in [3.63, 3.8) is 0 Å². The molecule has 1 aromatic carbocycles. The number of esters is 2. The highest BCUT2D eigenvalue weighted by atomic mass is 35.5. The lowest BCUT2D eigenvalue weighted by Crippen LogP contribution is -2.45. The molecule has 7 nitrogen and oxygen atoms in total. The molecule has 2 rings (SSSR count). The molecule has 326 valence electrons. The molecule has 0 saturated carbocycles. The van der Waals surface area contributed by atoms with E-state index in [2.05, 4.69) is 86.8 Å². The van der Waals surface area contributed by atoms with Crippen molar-refractivity contribution in [2.75, 3.05) is 19.5 Å². The molecule has 1 aromatic rings. The first kappa shape index (κ1) is 51.6. The Labute approximate surface area is 359 Å². The number of ether oxygens (including phenoxy) is 3. The lowest BCUT2D eigenvalue weighted by molar-refractivity contribution is -0.150. The maximum absolute atomic E-state index is 14.1. The molecule has 0 unspecified atom stereocenters. The summed E-state index contributed by atoms with van der Waals surface area (Å²) in [7, 11) is -2.81. The van der Waals surface area contributed by atoms with Gasteiger partial charge in [0.05, 0.1) is 31.3 Å². The largest absolute Gasteiger partial charge is 0.494 e. The van der Waals surface area contributed by atoms with E-state index in [-0.39, 0.29) is 40.1 Å². The van der Waals surface area contributed by atoms with E-state index >= 15 is 0 Å². The topological polar surface area (TPSA) is 80.3 Å². The van der Waals surface area contributed by atoms with Crippen LogP contribution in [0.4, 0.5) is 0 Å². The minimum Gasteiger partial charge on any atom is -0.494 e. The highest BCUT2D eigenvalue weighted by Crippen LogP contribution is 2.48. The van der Waals surface area contributed by atoms with Gasteiger partial charge in [-0.2, -0.15) is 0 Å². The van der Waals surface area contributed by atoms with Gasteiger partial charge < -0.3 is 23.1 Å². The van der Waals surface area contributed by atoms with Gasteiger partial charge in [-0.1, -0.05) is 97.9 Å². The zero-order valence-corrected chi connectivity index (χ0v) is 41.8. The summed E-state index contributed by atoms with van der Waals surface area (Å²) in [5, 5.41) is 0.790. The summed E-state index contributed by atoms with van der Waals surface area (Å²) in [6.07, 6.45) is 14.9. The van der Waals surface area contributed by atoms with Crippen molar-refractivity contribution in [1.82, 2.24) is 0 Å². The normalized spacial score (nSPS) is 17.7. The summed E-state index contributed by atoms with van der Waals surface area (Å²) in [4.78, 5) is 26.9. The maximum Gasteiger partial charge on any atom is 0.316 e. The number of hydrogen-bond donors (Lipinski definition) is 0. The predicted octanol–water partition coefficient (Wildman–Crippen LogP) is 14.1. The molecule has 3 atom stereocenters. The molecule has 0 radical (unpaired) electrons. The minimum atomic E-state index is -2.21. The molecule has 0 amide bonds. The lowest BCUT2D eigenvalue weighted by Gasteiger charge is -2.40. The van der Waals surface area contributed by atoms with Crippen molar-refractivity contribution in [2.45, 2.75) is 188 Å². The zero-order valence-electron chi connectivity index (χ0n) is 38.2. The molecule has 0 aromatic heterocycles. The zero-order chi connectivity index (χ0) is 43.1. The van der Waals surface area contributed by atoms with E-state index in [4.69, 9.17) is 34.7 Å². The Kier molecular flexibility index (Phi) is 21.2. The van der Waals surface area contributed by atoms with Gasteiger partial charge >= 0.3 is 11.9 Å². The number of methoxy groups -OCH3 is 1. The first-order chi connectivity index (χ1) is 26.4. The Bertz CT molecular complexity index is 1440. The van der Waals surface area contributed by atoms with Crippen LogP contribution in [-0.2, 0) is 27.9 Å². The second-order valence-electron chi connectivity index (χ2n) is 19.5. The molecular weight excluding hydrogens is 788 g/mol. The van der Waals surface area contributed by atoms with Crippen molar-refractivity contribution in [3.8, 4) is 5.75 Å². The first-order valence-corrected chi connectivity index (χ1v) is 28.7. The molecule has 57 heavy (non-hydrogen) atoms. The molecule has 11 heteroatoms. The molecular formula is C46H79ClO7SSi2. The van der Waals surface area contributed by atoms with Crippen LogP contribution in [0.3, 0.4) is 0 Å². The highest BCUT2D eigenvalue weighted by Gasteiger charge is 2.46. The fourth-order valence-electron chi connectivity index (χ4n) is 6.08. The summed E-state index contributed by atoms with van der Waals surface area (Å²) in [6.45, 7) is 29.8. The third-order valence-corrected chi connectivity index (χ3v) is 22.6. The van der Waals surface area contributed by atoms with Crippen LogP contribution in [0.15, 0.2) is 47.1 Å². The smallest absolute Gasteiger partial charge is 0.316 e. The molecule has 1 aliphatic rings. The monoisotopic (exact) mass is 866 g/mol. The van der Waals surface area contributed by atoms with Crippen molar-refractivity contribution in [1.29, 1.82) is 0 Å². The van der Waals surface area contributed by atoms with E-state index in [9.17, 15) is 9.59 Å². The van der Waals surface area contributed by atoms with Crippen LogP contribution in [0.2, 0.25) is 41.3 Å². The van der Waals surface area contributed by atoms with Crippen LogP contribution in [0.5, 0.6) is 5.75 Å². The number of carbonyl (C=O) groups is 2. The van der Waals surface area contributed by atoms with E-state index in [0.717, 1.165) is 73.5 Å². The number of thioether (sulfide) groups is 1. The Morgan fingerprint density at radius 1 is 0.877 bits per heavy atom. The molecule has 0 saturated heterocycles. The fourth-order valence-corrected chi connectivity index (χ4v) is 10.1. The van der Waals surface area contributed by atoms with E-state index in [1.54, 1.807) is 11.8 Å². The van der Waals surface area contributed by atoms with Crippen LogP contribution in [-0.4, -0.2) is 60.3 Å². The number of carbonyl (C=O) groups excluding carboxylic acids is 2. The van der Waals surface area contributed by atoms with Crippen molar-refractivity contribution in [3.05, 3.63) is 52.1 Å². The van der Waals surface area contributed by atoms with E-state index in [1.807, 2.05) is 38.1 Å². The van der Waals surface area contributed by atoms with Crippen molar-refractivity contribution >= 4 is 51.9 Å². The average molecular weight is 868 g/mol. The molecule has 0 aliphatic heterocycles. The second kappa shape index (κ2) is 23.4. The third kappa shape index (κ3) is 17.5. The van der Waals surface area contributed by atoms with Gasteiger partial charge in [-0.15, -0.1) is 11.8 Å². The minimum absolute atomic E-state index is 0.00439. The number of rotatable bonds is 25. The number of hydrogen-bond acceptors (Lipinski definition) is 8. The van der Waals surface area contributed by atoms with E-state index in [0.29, 0.717) is 30.9 Å². The van der Waals surface area contributed by atoms with Crippen LogP contribution in [0.25, 0.3) is 0 Å². The predicted molar refractivity (Wildman–Crippen MR) is 246 cm³/mol. The van der Waals surface area contributed by atoms with Gasteiger partial charge in [-0.05, 0) is 119 Å². The SMILES string of the molecule is CCCCC[C@@H](/C=C/[C@@H]1C(SCCCCCC(=O)OC)=C(OC(=O)C(C)(C)CCCCOc2ccc(Cl)cc2)C[C@H]1O[Si](C)(C)C(C)(C)C)O[Si](C)(C)C(C)(C)C. The Morgan fingerprint density at radius 3 is 2.12 bits per heavy atom. The summed E-state index contributed by atoms with van der Waals surface area (Å²) < 4.78 is 31.6. The van der Waals surface area contributed by atoms with Crippen molar-refractivity contribution < 1.29 is 32.7 Å².